The number of nitrogens with zero attached hydrogens (tertiary/aromatic N) is 1. The molecule has 1 atom stereocenters. The van der Waals surface area contributed by atoms with E-state index in [1.807, 2.05) is 44.2 Å². The Kier molecular flexibility index (Phi) is 5.71. The third-order valence-electron chi connectivity index (χ3n) is 5.01. The zero-order valence-electron chi connectivity index (χ0n) is 15.4. The quantitative estimate of drug-likeness (QED) is 0.444. The minimum Gasteiger partial charge on any atom is -0.457 e. The lowest BCUT2D eigenvalue weighted by Crippen LogP contribution is -2.22. The average molecular weight is 351 g/mol. The van der Waals surface area contributed by atoms with Crippen LogP contribution in [0.5, 0.6) is 0 Å². The van der Waals surface area contributed by atoms with Gasteiger partial charge in [-0.05, 0) is 44.7 Å². The number of Topliss-reactive ketones (excluding diaryl/α,β-unsaturated/α-hetero) is 1. The van der Waals surface area contributed by atoms with E-state index in [2.05, 4.69) is 22.8 Å². The van der Waals surface area contributed by atoms with Crippen molar-refractivity contribution in [2.45, 2.75) is 39.7 Å². The third-order valence-corrected chi connectivity index (χ3v) is 5.01. The zero-order valence-corrected chi connectivity index (χ0v) is 15.4. The van der Waals surface area contributed by atoms with Crippen LogP contribution < -0.4 is 0 Å². The standard InChI is InChI=1S/C22H25NO3/c1-16-13-20(17(2)23(16)14-18-9-5-3-6-10-18)21(24)15-26-22(25)19-11-7-4-8-12-19/h3-7,9-10,13,19H,8,11-12,14-15H2,1-2H3. The molecule has 2 aromatic rings. The maximum Gasteiger partial charge on any atom is 0.309 e. The smallest absolute Gasteiger partial charge is 0.309 e. The lowest BCUT2D eigenvalue weighted by molar-refractivity contribution is -0.147. The molecule has 0 amide bonds. The monoisotopic (exact) mass is 351 g/mol. The molecule has 0 aliphatic heterocycles. The van der Waals surface area contributed by atoms with Crippen LogP contribution in [0.4, 0.5) is 0 Å². The second kappa shape index (κ2) is 8.17. The summed E-state index contributed by atoms with van der Waals surface area (Å²) < 4.78 is 7.41. The summed E-state index contributed by atoms with van der Waals surface area (Å²) in [7, 11) is 0. The minimum absolute atomic E-state index is 0.113. The number of carbonyl (C=O) groups excluding carboxylic acids is 2. The van der Waals surface area contributed by atoms with Gasteiger partial charge in [-0.25, -0.2) is 0 Å². The molecule has 0 spiro atoms. The number of hydrogen-bond acceptors (Lipinski definition) is 3. The van der Waals surface area contributed by atoms with E-state index in [1.165, 1.54) is 5.56 Å². The molecular formula is C22H25NO3. The Hall–Kier alpha value is -2.62. The Morgan fingerprint density at radius 2 is 1.92 bits per heavy atom. The Labute approximate surface area is 154 Å². The maximum atomic E-state index is 12.6. The van der Waals surface area contributed by atoms with Crippen LogP contribution >= 0.6 is 0 Å². The summed E-state index contributed by atoms with van der Waals surface area (Å²) in [4.78, 5) is 24.7. The summed E-state index contributed by atoms with van der Waals surface area (Å²) in [6.45, 7) is 4.47. The highest BCUT2D eigenvalue weighted by molar-refractivity contribution is 5.99. The molecular weight excluding hydrogens is 326 g/mol. The second-order valence-electron chi connectivity index (χ2n) is 6.87. The number of benzene rings is 1. The van der Waals surface area contributed by atoms with Crippen molar-refractivity contribution in [1.82, 2.24) is 4.57 Å². The predicted molar refractivity (Wildman–Crippen MR) is 101 cm³/mol. The van der Waals surface area contributed by atoms with E-state index in [9.17, 15) is 9.59 Å². The third kappa shape index (κ3) is 4.13. The number of aryl methyl sites for hydroxylation is 1. The van der Waals surface area contributed by atoms with Crippen LogP contribution in [0.2, 0.25) is 0 Å². The molecule has 1 heterocycles. The summed E-state index contributed by atoms with van der Waals surface area (Å²) in [6.07, 6.45) is 6.49. The lowest BCUT2D eigenvalue weighted by Gasteiger charge is -2.16. The lowest BCUT2D eigenvalue weighted by atomic mass is 9.95. The van der Waals surface area contributed by atoms with Crippen molar-refractivity contribution < 1.29 is 14.3 Å². The first-order valence-corrected chi connectivity index (χ1v) is 9.11. The van der Waals surface area contributed by atoms with E-state index in [1.54, 1.807) is 0 Å². The van der Waals surface area contributed by atoms with E-state index in [0.717, 1.165) is 30.8 Å². The molecule has 0 saturated carbocycles. The van der Waals surface area contributed by atoms with Crippen LogP contribution in [-0.4, -0.2) is 22.9 Å². The van der Waals surface area contributed by atoms with Gasteiger partial charge in [0.2, 0.25) is 5.78 Å². The fourth-order valence-electron chi connectivity index (χ4n) is 3.43. The maximum absolute atomic E-state index is 12.6. The molecule has 3 rings (SSSR count). The Balaban J connectivity index is 1.65. The first-order valence-electron chi connectivity index (χ1n) is 9.11. The molecule has 0 N–H and O–H groups in total. The fraction of sp³-hybridized carbons (Fsp3) is 0.364. The summed E-state index contributed by atoms with van der Waals surface area (Å²) in [6, 6.07) is 12.0. The van der Waals surface area contributed by atoms with Gasteiger partial charge in [0.1, 0.15) is 0 Å². The van der Waals surface area contributed by atoms with Gasteiger partial charge in [-0.3, -0.25) is 9.59 Å². The highest BCUT2D eigenvalue weighted by Gasteiger charge is 2.22. The highest BCUT2D eigenvalue weighted by Crippen LogP contribution is 2.21. The van der Waals surface area contributed by atoms with Crippen molar-refractivity contribution in [3.05, 3.63) is 71.1 Å². The number of ketones is 1. The van der Waals surface area contributed by atoms with Crippen LogP contribution in [0.25, 0.3) is 0 Å². The second-order valence-corrected chi connectivity index (χ2v) is 6.87. The molecule has 1 aliphatic rings. The van der Waals surface area contributed by atoms with E-state index < -0.39 is 0 Å². The van der Waals surface area contributed by atoms with Crippen LogP contribution in [-0.2, 0) is 16.1 Å². The number of hydrogen-bond donors (Lipinski definition) is 0. The Bertz CT molecular complexity index is 817. The number of allylic oxidation sites excluding steroid dienone is 2. The van der Waals surface area contributed by atoms with Crippen LogP contribution in [0.1, 0.15) is 46.6 Å². The van der Waals surface area contributed by atoms with Gasteiger partial charge in [0, 0.05) is 23.5 Å². The van der Waals surface area contributed by atoms with Crippen LogP contribution in [0.15, 0.2) is 48.6 Å². The highest BCUT2D eigenvalue weighted by atomic mass is 16.5. The minimum atomic E-state index is -0.263. The van der Waals surface area contributed by atoms with Gasteiger partial charge in [-0.15, -0.1) is 0 Å². The Morgan fingerprint density at radius 1 is 1.15 bits per heavy atom. The van der Waals surface area contributed by atoms with Gasteiger partial charge in [0.15, 0.2) is 6.61 Å². The predicted octanol–water partition coefficient (Wildman–Crippen LogP) is 4.24. The first-order chi connectivity index (χ1) is 12.6. The zero-order chi connectivity index (χ0) is 18.5. The number of carbonyl (C=O) groups is 2. The molecule has 26 heavy (non-hydrogen) atoms. The molecule has 0 saturated heterocycles. The van der Waals surface area contributed by atoms with Crippen LogP contribution in [0, 0.1) is 19.8 Å². The van der Waals surface area contributed by atoms with E-state index in [4.69, 9.17) is 4.74 Å². The number of rotatable bonds is 6. The van der Waals surface area contributed by atoms with Crippen molar-refractivity contribution in [3.63, 3.8) is 0 Å². The number of aromatic nitrogens is 1. The van der Waals surface area contributed by atoms with Crippen LogP contribution in [0.3, 0.4) is 0 Å². The molecule has 4 nitrogen and oxygen atoms in total. The molecule has 0 radical (unpaired) electrons. The summed E-state index contributed by atoms with van der Waals surface area (Å²) in [5.74, 6) is -0.517. The molecule has 1 aromatic carbocycles. The molecule has 0 bridgehead atoms. The molecule has 136 valence electrons. The topological polar surface area (TPSA) is 48.3 Å². The summed E-state index contributed by atoms with van der Waals surface area (Å²) in [5, 5.41) is 0. The van der Waals surface area contributed by atoms with Gasteiger partial charge < -0.3 is 9.30 Å². The van der Waals surface area contributed by atoms with E-state index in [0.29, 0.717) is 12.0 Å². The molecule has 1 aliphatic carbocycles. The summed E-state index contributed by atoms with van der Waals surface area (Å²) in [5.41, 5.74) is 3.76. The molecule has 1 unspecified atom stereocenters. The van der Waals surface area contributed by atoms with E-state index in [-0.39, 0.29) is 24.3 Å². The van der Waals surface area contributed by atoms with Crippen molar-refractivity contribution in [3.8, 4) is 0 Å². The normalized spacial score (nSPS) is 16.5. The molecule has 4 heteroatoms. The van der Waals surface area contributed by atoms with Gasteiger partial charge in [0.05, 0.1) is 5.92 Å². The van der Waals surface area contributed by atoms with Crippen molar-refractivity contribution >= 4 is 11.8 Å². The first kappa shape index (κ1) is 18.2. The largest absolute Gasteiger partial charge is 0.457 e. The van der Waals surface area contributed by atoms with Gasteiger partial charge in [-0.1, -0.05) is 42.5 Å². The van der Waals surface area contributed by atoms with Crippen molar-refractivity contribution in [2.75, 3.05) is 6.61 Å². The van der Waals surface area contributed by atoms with Gasteiger partial charge in [0.25, 0.3) is 0 Å². The number of ether oxygens (including phenoxy) is 1. The van der Waals surface area contributed by atoms with Gasteiger partial charge >= 0.3 is 5.97 Å². The SMILES string of the molecule is Cc1cc(C(=O)COC(=O)C2CC=CCC2)c(C)n1Cc1ccccc1. The fourth-order valence-corrected chi connectivity index (χ4v) is 3.43. The average Bonchev–Trinajstić information content (AvgIpc) is 2.95. The molecule has 1 aromatic heterocycles. The van der Waals surface area contributed by atoms with E-state index >= 15 is 0 Å². The van der Waals surface area contributed by atoms with Crippen molar-refractivity contribution in [1.29, 1.82) is 0 Å². The van der Waals surface area contributed by atoms with Crippen molar-refractivity contribution in [2.24, 2.45) is 5.92 Å². The van der Waals surface area contributed by atoms with Gasteiger partial charge in [-0.2, -0.15) is 0 Å². The Morgan fingerprint density at radius 3 is 2.62 bits per heavy atom. The summed E-state index contributed by atoms with van der Waals surface area (Å²) >= 11 is 0. The molecule has 0 fully saturated rings. The number of esters is 1.